The van der Waals surface area contributed by atoms with E-state index in [0.29, 0.717) is 25.3 Å². The minimum atomic E-state index is -1.15. The summed E-state index contributed by atoms with van der Waals surface area (Å²) in [5.41, 5.74) is 4.94. The molecule has 1 aliphatic carbocycles. The number of carbonyl (C=O) groups excluding carboxylic acids is 1. The van der Waals surface area contributed by atoms with Gasteiger partial charge >= 0.3 is 5.97 Å². The quantitative estimate of drug-likeness (QED) is 0.686. The lowest BCUT2D eigenvalue weighted by Gasteiger charge is -2.33. The highest BCUT2D eigenvalue weighted by Crippen LogP contribution is 2.31. The highest BCUT2D eigenvalue weighted by atomic mass is 16.4. The maximum Gasteiger partial charge on any atom is 0.329 e. The van der Waals surface area contributed by atoms with Gasteiger partial charge in [0, 0.05) is 12.6 Å². The molecule has 0 spiro atoms. The second-order valence-corrected chi connectivity index (χ2v) is 7.40. The van der Waals surface area contributed by atoms with Crippen molar-refractivity contribution in [1.29, 1.82) is 0 Å². The van der Waals surface area contributed by atoms with Crippen LogP contribution in [0.25, 0.3) is 0 Å². The third-order valence-corrected chi connectivity index (χ3v) is 5.61. The van der Waals surface area contributed by atoms with E-state index in [1.807, 2.05) is 0 Å². The number of aliphatic hydroxyl groups excluding tert-OH is 1. The highest BCUT2D eigenvalue weighted by Gasteiger charge is 2.46. The molecule has 23 heavy (non-hydrogen) atoms. The Morgan fingerprint density at radius 3 is 2.52 bits per heavy atom. The van der Waals surface area contributed by atoms with Gasteiger partial charge in [0.1, 0.15) is 5.54 Å². The molecule has 2 rings (SSSR count). The zero-order chi connectivity index (χ0) is 17.0. The SMILES string of the molecule is CC1(C(=O)O)CCCN1C(=O)CC(O)C(N)CC1CCCCC1. The van der Waals surface area contributed by atoms with Crippen molar-refractivity contribution in [1.82, 2.24) is 4.90 Å². The van der Waals surface area contributed by atoms with E-state index in [1.54, 1.807) is 6.92 Å². The first-order valence-electron chi connectivity index (χ1n) is 8.82. The van der Waals surface area contributed by atoms with Crippen LogP contribution in [0.3, 0.4) is 0 Å². The molecule has 4 N–H and O–H groups in total. The summed E-state index contributed by atoms with van der Waals surface area (Å²) in [7, 11) is 0. The van der Waals surface area contributed by atoms with Gasteiger partial charge in [0.05, 0.1) is 12.5 Å². The average molecular weight is 326 g/mol. The van der Waals surface area contributed by atoms with Crippen molar-refractivity contribution in [3.05, 3.63) is 0 Å². The van der Waals surface area contributed by atoms with Gasteiger partial charge in [0.25, 0.3) is 0 Å². The van der Waals surface area contributed by atoms with Crippen LogP contribution in [-0.4, -0.2) is 51.2 Å². The number of nitrogens with two attached hydrogens (primary N) is 1. The molecule has 1 saturated heterocycles. The number of rotatable bonds is 6. The zero-order valence-electron chi connectivity index (χ0n) is 14.0. The predicted molar refractivity (Wildman–Crippen MR) is 86.8 cm³/mol. The fraction of sp³-hybridized carbons (Fsp3) is 0.882. The smallest absolute Gasteiger partial charge is 0.329 e. The molecule has 0 aromatic carbocycles. The van der Waals surface area contributed by atoms with Crippen molar-refractivity contribution in [2.45, 2.75) is 82.4 Å². The van der Waals surface area contributed by atoms with E-state index < -0.39 is 23.7 Å². The number of nitrogens with zero attached hydrogens (tertiary/aromatic N) is 1. The topological polar surface area (TPSA) is 104 Å². The molecule has 3 atom stereocenters. The van der Waals surface area contributed by atoms with E-state index in [-0.39, 0.29) is 12.3 Å². The molecule has 0 aromatic heterocycles. The number of likely N-dealkylation sites (tertiary alicyclic amines) is 1. The van der Waals surface area contributed by atoms with Gasteiger partial charge in [-0.15, -0.1) is 0 Å². The summed E-state index contributed by atoms with van der Waals surface area (Å²) in [6.45, 7) is 2.01. The maximum atomic E-state index is 12.4. The van der Waals surface area contributed by atoms with Crippen molar-refractivity contribution in [2.24, 2.45) is 11.7 Å². The lowest BCUT2D eigenvalue weighted by Crippen LogP contribution is -2.52. The largest absolute Gasteiger partial charge is 0.480 e. The maximum absolute atomic E-state index is 12.4. The Hall–Kier alpha value is -1.14. The molecule has 1 heterocycles. The number of hydrogen-bond acceptors (Lipinski definition) is 4. The van der Waals surface area contributed by atoms with Gasteiger partial charge in [-0.05, 0) is 32.1 Å². The summed E-state index contributed by atoms with van der Waals surface area (Å²) in [5, 5.41) is 19.6. The van der Waals surface area contributed by atoms with Gasteiger partial charge in [0.15, 0.2) is 0 Å². The number of aliphatic carboxylic acids is 1. The molecule has 6 nitrogen and oxygen atoms in total. The zero-order valence-corrected chi connectivity index (χ0v) is 14.0. The van der Waals surface area contributed by atoms with Crippen molar-refractivity contribution in [3.8, 4) is 0 Å². The number of aliphatic hydroxyl groups is 1. The van der Waals surface area contributed by atoms with Gasteiger partial charge in [-0.25, -0.2) is 4.79 Å². The van der Waals surface area contributed by atoms with Crippen LogP contribution in [0, 0.1) is 5.92 Å². The van der Waals surface area contributed by atoms with Crippen LogP contribution in [0.15, 0.2) is 0 Å². The first-order valence-corrected chi connectivity index (χ1v) is 8.82. The second-order valence-electron chi connectivity index (χ2n) is 7.40. The van der Waals surface area contributed by atoms with Crippen LogP contribution in [0.5, 0.6) is 0 Å². The third kappa shape index (κ3) is 4.23. The summed E-state index contributed by atoms with van der Waals surface area (Å²) >= 11 is 0. The summed E-state index contributed by atoms with van der Waals surface area (Å²) in [4.78, 5) is 25.3. The number of amides is 1. The molecular weight excluding hydrogens is 296 g/mol. The first-order chi connectivity index (χ1) is 10.8. The van der Waals surface area contributed by atoms with E-state index in [4.69, 9.17) is 5.73 Å². The molecular formula is C17H30N2O4. The normalized spacial score (nSPS) is 28.6. The average Bonchev–Trinajstić information content (AvgIpc) is 2.91. The fourth-order valence-electron chi connectivity index (χ4n) is 3.99. The van der Waals surface area contributed by atoms with Crippen molar-refractivity contribution >= 4 is 11.9 Å². The molecule has 132 valence electrons. The fourth-order valence-corrected chi connectivity index (χ4v) is 3.99. The van der Waals surface area contributed by atoms with Gasteiger partial charge in [-0.1, -0.05) is 32.1 Å². The molecule has 3 unspecified atom stereocenters. The Bertz CT molecular complexity index is 436. The van der Waals surface area contributed by atoms with Crippen LogP contribution >= 0.6 is 0 Å². The van der Waals surface area contributed by atoms with Crippen molar-refractivity contribution in [3.63, 3.8) is 0 Å². The van der Waals surface area contributed by atoms with Crippen LogP contribution in [0.2, 0.25) is 0 Å². The first kappa shape index (κ1) is 18.2. The Balaban J connectivity index is 1.87. The minimum Gasteiger partial charge on any atom is -0.480 e. The van der Waals surface area contributed by atoms with E-state index in [0.717, 1.165) is 19.3 Å². The molecule has 2 fully saturated rings. The summed E-state index contributed by atoms with van der Waals surface area (Å²) in [6.07, 6.45) is 6.90. The number of hydrogen-bond donors (Lipinski definition) is 3. The van der Waals surface area contributed by atoms with Crippen LogP contribution in [0.1, 0.15) is 64.7 Å². The Morgan fingerprint density at radius 2 is 1.91 bits per heavy atom. The van der Waals surface area contributed by atoms with E-state index in [9.17, 15) is 19.8 Å². The van der Waals surface area contributed by atoms with Crippen molar-refractivity contribution in [2.75, 3.05) is 6.54 Å². The van der Waals surface area contributed by atoms with Crippen LogP contribution < -0.4 is 5.73 Å². The van der Waals surface area contributed by atoms with Gasteiger partial charge < -0.3 is 20.8 Å². The Kier molecular flexibility index (Phi) is 6.03. The molecule has 1 amide bonds. The molecule has 0 radical (unpaired) electrons. The second kappa shape index (κ2) is 7.62. The Morgan fingerprint density at radius 1 is 1.26 bits per heavy atom. The molecule has 1 saturated carbocycles. The van der Waals surface area contributed by atoms with Crippen molar-refractivity contribution < 1.29 is 19.8 Å². The van der Waals surface area contributed by atoms with Gasteiger partial charge in [0.2, 0.25) is 5.91 Å². The number of carbonyl (C=O) groups is 2. The van der Waals surface area contributed by atoms with Gasteiger partial charge in [-0.3, -0.25) is 4.79 Å². The molecule has 0 bridgehead atoms. The number of carboxylic acids is 1. The predicted octanol–water partition coefficient (Wildman–Crippen LogP) is 1.50. The lowest BCUT2D eigenvalue weighted by molar-refractivity contribution is -0.156. The van der Waals surface area contributed by atoms with E-state index >= 15 is 0 Å². The molecule has 0 aromatic rings. The molecule has 6 heteroatoms. The summed E-state index contributed by atoms with van der Waals surface area (Å²) < 4.78 is 0. The summed E-state index contributed by atoms with van der Waals surface area (Å²) in [6, 6.07) is -0.416. The summed E-state index contributed by atoms with van der Waals surface area (Å²) in [5.74, 6) is -0.747. The Labute approximate surface area is 138 Å². The van der Waals surface area contributed by atoms with Crippen LogP contribution in [-0.2, 0) is 9.59 Å². The third-order valence-electron chi connectivity index (χ3n) is 5.61. The van der Waals surface area contributed by atoms with Gasteiger partial charge in [-0.2, -0.15) is 0 Å². The minimum absolute atomic E-state index is 0.0866. The number of carboxylic acid groups (broad SMARTS) is 1. The van der Waals surface area contributed by atoms with E-state index in [1.165, 1.54) is 24.2 Å². The van der Waals surface area contributed by atoms with Crippen LogP contribution in [0.4, 0.5) is 0 Å². The standard InChI is InChI=1S/C17H30N2O4/c1-17(16(22)23)8-5-9-19(17)15(21)11-14(20)13(18)10-12-6-3-2-4-7-12/h12-14,20H,2-11,18H2,1H3,(H,22,23). The highest BCUT2D eigenvalue weighted by molar-refractivity contribution is 5.87. The van der Waals surface area contributed by atoms with E-state index in [2.05, 4.69) is 0 Å². The lowest BCUT2D eigenvalue weighted by atomic mass is 9.83. The molecule has 2 aliphatic rings. The molecule has 1 aliphatic heterocycles. The monoisotopic (exact) mass is 326 g/mol.